The highest BCUT2D eigenvalue weighted by atomic mass is 35.5. The SMILES string of the molecule is Cc1c(-c2ccc(NC(=O)[C@H](NC(=O)c3ccnn3C)C3CCC(F)(F)CC3)cc2)cc(Cl)c[n+]1[O-]. The quantitative estimate of drug-likeness (QED) is 0.377. The van der Waals surface area contributed by atoms with Crippen LogP contribution < -0.4 is 15.4 Å². The number of carbonyl (C=O) groups is 2. The van der Waals surface area contributed by atoms with Gasteiger partial charge in [0.05, 0.1) is 5.56 Å². The maximum atomic E-state index is 13.8. The van der Waals surface area contributed by atoms with Crippen LogP contribution in [-0.4, -0.2) is 33.6 Å². The zero-order valence-corrected chi connectivity index (χ0v) is 20.6. The van der Waals surface area contributed by atoms with E-state index >= 15 is 0 Å². The first-order valence-corrected chi connectivity index (χ1v) is 11.9. The minimum atomic E-state index is -2.76. The lowest BCUT2D eigenvalue weighted by Crippen LogP contribution is -2.50. The van der Waals surface area contributed by atoms with Gasteiger partial charge < -0.3 is 15.8 Å². The largest absolute Gasteiger partial charge is 0.618 e. The number of hydrogen-bond acceptors (Lipinski definition) is 4. The number of halogens is 3. The molecule has 1 aromatic carbocycles. The van der Waals surface area contributed by atoms with Crippen LogP contribution in [0.2, 0.25) is 5.02 Å². The Kier molecular flexibility index (Phi) is 7.26. The monoisotopic (exact) mass is 517 g/mol. The first kappa shape index (κ1) is 25.6. The Balaban J connectivity index is 1.53. The van der Waals surface area contributed by atoms with Crippen molar-refractivity contribution in [2.45, 2.75) is 44.6 Å². The molecular formula is C25H26ClF2N5O3. The smallest absolute Gasteiger partial charge is 0.270 e. The van der Waals surface area contributed by atoms with E-state index in [2.05, 4.69) is 15.7 Å². The highest BCUT2D eigenvalue weighted by Gasteiger charge is 2.40. The molecule has 3 aromatic rings. The number of aromatic nitrogens is 3. The number of amides is 2. The average molecular weight is 518 g/mol. The number of nitrogens with zero attached hydrogens (tertiary/aromatic N) is 3. The van der Waals surface area contributed by atoms with Gasteiger partial charge in [-0.3, -0.25) is 14.3 Å². The van der Waals surface area contributed by atoms with Gasteiger partial charge in [0.15, 0.2) is 11.9 Å². The molecule has 1 atom stereocenters. The Labute approximate surface area is 211 Å². The van der Waals surface area contributed by atoms with Crippen LogP contribution in [0.3, 0.4) is 0 Å². The van der Waals surface area contributed by atoms with Crippen molar-refractivity contribution in [1.29, 1.82) is 0 Å². The third kappa shape index (κ3) is 5.64. The molecular weight excluding hydrogens is 492 g/mol. The van der Waals surface area contributed by atoms with Gasteiger partial charge in [-0.2, -0.15) is 9.83 Å². The Morgan fingerprint density at radius 1 is 1.22 bits per heavy atom. The Bertz CT molecular complexity index is 1270. The fourth-order valence-electron chi connectivity index (χ4n) is 4.46. The van der Waals surface area contributed by atoms with Crippen LogP contribution in [0.5, 0.6) is 0 Å². The summed E-state index contributed by atoms with van der Waals surface area (Å²) in [5, 5.41) is 21.8. The predicted octanol–water partition coefficient (Wildman–Crippen LogP) is 4.24. The topological polar surface area (TPSA) is 103 Å². The highest BCUT2D eigenvalue weighted by Crippen LogP contribution is 2.38. The van der Waals surface area contributed by atoms with Crippen LogP contribution in [0.1, 0.15) is 41.9 Å². The molecule has 2 amide bonds. The molecule has 36 heavy (non-hydrogen) atoms. The molecule has 2 heterocycles. The Morgan fingerprint density at radius 2 is 1.89 bits per heavy atom. The second-order valence-electron chi connectivity index (χ2n) is 9.03. The first-order chi connectivity index (χ1) is 17.0. The summed E-state index contributed by atoms with van der Waals surface area (Å²) in [4.78, 5) is 26.1. The van der Waals surface area contributed by atoms with Crippen LogP contribution in [0.15, 0.2) is 48.8 Å². The number of hydrogen-bond donors (Lipinski definition) is 2. The number of pyridine rings is 1. The van der Waals surface area contributed by atoms with E-state index in [4.69, 9.17) is 11.6 Å². The van der Waals surface area contributed by atoms with Crippen molar-refractivity contribution in [3.05, 3.63) is 70.4 Å². The van der Waals surface area contributed by atoms with Crippen LogP contribution in [0.25, 0.3) is 11.1 Å². The van der Waals surface area contributed by atoms with Gasteiger partial charge >= 0.3 is 0 Å². The number of rotatable bonds is 6. The lowest BCUT2D eigenvalue weighted by molar-refractivity contribution is -0.611. The third-order valence-electron chi connectivity index (χ3n) is 6.56. The van der Waals surface area contributed by atoms with Gasteiger partial charge in [0.25, 0.3) is 5.91 Å². The summed E-state index contributed by atoms with van der Waals surface area (Å²) >= 11 is 6.02. The molecule has 0 unspecified atom stereocenters. The molecule has 8 nitrogen and oxygen atoms in total. The van der Waals surface area contributed by atoms with Crippen molar-refractivity contribution in [2.24, 2.45) is 13.0 Å². The predicted molar refractivity (Wildman–Crippen MR) is 131 cm³/mol. The lowest BCUT2D eigenvalue weighted by atomic mass is 9.81. The van der Waals surface area contributed by atoms with Crippen LogP contribution in [-0.2, 0) is 11.8 Å². The van der Waals surface area contributed by atoms with Gasteiger partial charge in [-0.05, 0) is 48.6 Å². The molecule has 190 valence electrons. The van der Waals surface area contributed by atoms with Gasteiger partial charge in [0.2, 0.25) is 11.8 Å². The summed E-state index contributed by atoms with van der Waals surface area (Å²) in [6.07, 6.45) is 2.28. The van der Waals surface area contributed by atoms with E-state index in [1.807, 2.05) is 0 Å². The number of carbonyl (C=O) groups excluding carboxylic acids is 2. The van der Waals surface area contributed by atoms with Crippen LogP contribution >= 0.6 is 11.6 Å². The summed E-state index contributed by atoms with van der Waals surface area (Å²) in [5.41, 5.74) is 2.57. The zero-order valence-electron chi connectivity index (χ0n) is 19.8. The van der Waals surface area contributed by atoms with Gasteiger partial charge in [-0.1, -0.05) is 23.7 Å². The van der Waals surface area contributed by atoms with E-state index in [-0.39, 0.29) is 31.4 Å². The van der Waals surface area contributed by atoms with Crippen molar-refractivity contribution in [2.75, 3.05) is 5.32 Å². The molecule has 4 rings (SSSR count). The highest BCUT2D eigenvalue weighted by molar-refractivity contribution is 6.30. The minimum absolute atomic E-state index is 0.110. The number of benzene rings is 1. The van der Waals surface area contributed by atoms with E-state index in [0.29, 0.717) is 26.7 Å². The molecule has 11 heteroatoms. The second kappa shape index (κ2) is 10.2. The standard InChI is InChI=1S/C25H26ClF2N5O3/c1-15-20(13-18(26)14-33(15)36)16-3-5-19(6-4-16)30-24(35)22(17-7-10-25(27,28)11-8-17)31-23(34)21-9-12-29-32(21)2/h3-6,9,12-14,17,22H,7-8,10-11H2,1-2H3,(H,30,35)(H,31,34)/t22-/m1/s1. The van der Waals surface area contributed by atoms with E-state index in [1.165, 1.54) is 23.1 Å². The van der Waals surface area contributed by atoms with Crippen molar-refractivity contribution in [3.63, 3.8) is 0 Å². The molecule has 2 aromatic heterocycles. The Morgan fingerprint density at radius 3 is 2.50 bits per heavy atom. The molecule has 0 radical (unpaired) electrons. The Hall–Kier alpha value is -3.53. The van der Waals surface area contributed by atoms with Gasteiger partial charge in [-0.25, -0.2) is 8.78 Å². The summed E-state index contributed by atoms with van der Waals surface area (Å²) in [6, 6.07) is 8.99. The average Bonchev–Trinajstić information content (AvgIpc) is 3.26. The molecule has 0 aliphatic heterocycles. The van der Waals surface area contributed by atoms with E-state index in [1.54, 1.807) is 44.3 Å². The molecule has 1 aliphatic rings. The third-order valence-corrected chi connectivity index (χ3v) is 6.77. The molecule has 0 saturated heterocycles. The fourth-order valence-corrected chi connectivity index (χ4v) is 4.66. The van der Waals surface area contributed by atoms with Crippen molar-refractivity contribution < 1.29 is 23.1 Å². The summed E-state index contributed by atoms with van der Waals surface area (Å²) in [5.74, 6) is -4.21. The normalized spacial score (nSPS) is 16.4. The molecule has 1 aliphatic carbocycles. The van der Waals surface area contributed by atoms with Gasteiger partial charge in [-0.15, -0.1) is 0 Å². The van der Waals surface area contributed by atoms with Gasteiger partial charge in [0.1, 0.15) is 16.8 Å². The number of anilines is 1. The summed E-state index contributed by atoms with van der Waals surface area (Å²) in [7, 11) is 1.60. The molecule has 1 fully saturated rings. The number of nitrogens with one attached hydrogen (secondary N) is 2. The van der Waals surface area contributed by atoms with Crippen molar-refractivity contribution in [1.82, 2.24) is 15.1 Å². The van der Waals surface area contributed by atoms with Crippen molar-refractivity contribution in [3.8, 4) is 11.1 Å². The fraction of sp³-hybridized carbons (Fsp3) is 0.360. The molecule has 0 spiro atoms. The van der Waals surface area contributed by atoms with Crippen LogP contribution in [0.4, 0.5) is 14.5 Å². The maximum Gasteiger partial charge on any atom is 0.270 e. The minimum Gasteiger partial charge on any atom is -0.618 e. The lowest BCUT2D eigenvalue weighted by Gasteiger charge is -2.33. The zero-order chi connectivity index (χ0) is 26.0. The van der Waals surface area contributed by atoms with E-state index in [0.717, 1.165) is 5.56 Å². The van der Waals surface area contributed by atoms with E-state index in [9.17, 15) is 23.6 Å². The second-order valence-corrected chi connectivity index (χ2v) is 9.47. The molecule has 1 saturated carbocycles. The molecule has 2 N–H and O–H groups in total. The number of alkyl halides is 2. The summed E-state index contributed by atoms with van der Waals surface area (Å²) in [6.45, 7) is 1.68. The maximum absolute atomic E-state index is 13.8. The van der Waals surface area contributed by atoms with Crippen molar-refractivity contribution >= 4 is 29.1 Å². The van der Waals surface area contributed by atoms with Crippen LogP contribution in [0, 0.1) is 18.0 Å². The number of aryl methyl sites for hydroxylation is 1. The first-order valence-electron chi connectivity index (χ1n) is 11.5. The molecule has 0 bridgehead atoms. The summed E-state index contributed by atoms with van der Waals surface area (Å²) < 4.78 is 29.6. The van der Waals surface area contributed by atoms with E-state index < -0.39 is 29.7 Å². The van der Waals surface area contributed by atoms with Gasteiger partial charge in [0, 0.05) is 38.7 Å².